The molecule has 2 atom stereocenters. The van der Waals surface area contributed by atoms with E-state index in [-0.39, 0.29) is 18.5 Å². The molecule has 1 amide bonds. The van der Waals surface area contributed by atoms with Crippen molar-refractivity contribution < 1.29 is 19.0 Å². The molecular weight excluding hydrogens is 369 g/mol. The highest BCUT2D eigenvalue weighted by Gasteiger charge is 2.43. The molecule has 0 saturated carbocycles. The highest BCUT2D eigenvalue weighted by Crippen LogP contribution is 2.40. The first-order valence-electron chi connectivity index (χ1n) is 9.07. The highest BCUT2D eigenvalue weighted by molar-refractivity contribution is 6.30. The Morgan fingerprint density at radius 2 is 1.89 bits per heavy atom. The molecule has 1 saturated heterocycles. The summed E-state index contributed by atoms with van der Waals surface area (Å²) in [5.41, 5.74) is 0.884. The van der Waals surface area contributed by atoms with Crippen LogP contribution in [0.5, 0.6) is 0 Å². The molecule has 2 aromatic rings. The van der Waals surface area contributed by atoms with Gasteiger partial charge in [-0.15, -0.1) is 0 Å². The summed E-state index contributed by atoms with van der Waals surface area (Å²) >= 11 is 5.94. The molecule has 3 rings (SSSR count). The molecule has 0 spiro atoms. The number of carbonyl (C=O) groups is 1. The van der Waals surface area contributed by atoms with Gasteiger partial charge in [0.15, 0.2) is 0 Å². The number of aliphatic hydroxyl groups is 1. The third-order valence-electron chi connectivity index (χ3n) is 5.20. The third kappa shape index (κ3) is 4.25. The van der Waals surface area contributed by atoms with Crippen LogP contribution < -0.4 is 0 Å². The van der Waals surface area contributed by atoms with Gasteiger partial charge >= 0.3 is 6.09 Å². The van der Waals surface area contributed by atoms with Crippen molar-refractivity contribution in [1.29, 1.82) is 0 Å². The molecule has 0 bridgehead atoms. The molecule has 144 valence electrons. The fraction of sp³-hybridized carbons (Fsp3) is 0.381. The van der Waals surface area contributed by atoms with E-state index in [0.717, 1.165) is 11.1 Å². The zero-order chi connectivity index (χ0) is 19.4. The molecule has 0 aromatic heterocycles. The predicted octanol–water partition coefficient (Wildman–Crippen LogP) is 5.05. The van der Waals surface area contributed by atoms with Crippen LogP contribution in [0.1, 0.15) is 43.4 Å². The lowest BCUT2D eigenvalue weighted by Gasteiger charge is -2.43. The summed E-state index contributed by atoms with van der Waals surface area (Å²) in [4.78, 5) is 14.5. The van der Waals surface area contributed by atoms with Crippen molar-refractivity contribution in [2.45, 2.75) is 37.8 Å². The molecule has 1 fully saturated rings. The maximum absolute atomic E-state index is 13.3. The summed E-state index contributed by atoms with van der Waals surface area (Å²) in [6.45, 7) is 2.46. The molecule has 0 aliphatic carbocycles. The summed E-state index contributed by atoms with van der Waals surface area (Å²) in [5.74, 6) is -0.337. The number of carbonyl (C=O) groups excluding carboxylic acids is 1. The molecule has 2 unspecified atom stereocenters. The minimum absolute atomic E-state index is 0.00534. The van der Waals surface area contributed by atoms with Crippen molar-refractivity contribution in [1.82, 2.24) is 4.90 Å². The lowest BCUT2D eigenvalue weighted by Crippen LogP contribution is -2.48. The number of hydrogen-bond donors (Lipinski definition) is 1. The standard InChI is InChI=1S/C21H23ClFNO3/c1-15(16-3-7-18(22)8-4-16)24-13-12-21(11-2-14-25,27-20(24)26)17-5-9-19(23)10-6-17/h3-10,15,25H,2,11-14H2,1H3. The van der Waals surface area contributed by atoms with Gasteiger partial charge in [-0.1, -0.05) is 35.9 Å². The molecule has 27 heavy (non-hydrogen) atoms. The average molecular weight is 392 g/mol. The van der Waals surface area contributed by atoms with Crippen molar-refractivity contribution >= 4 is 17.7 Å². The first kappa shape index (κ1) is 19.6. The van der Waals surface area contributed by atoms with Gasteiger partial charge in [0.25, 0.3) is 0 Å². The summed E-state index contributed by atoms with van der Waals surface area (Å²) < 4.78 is 19.2. The predicted molar refractivity (Wildman–Crippen MR) is 102 cm³/mol. The van der Waals surface area contributed by atoms with Crippen LogP contribution in [0.15, 0.2) is 48.5 Å². The van der Waals surface area contributed by atoms with Crippen LogP contribution in [0, 0.1) is 5.82 Å². The molecule has 6 heteroatoms. The van der Waals surface area contributed by atoms with Gasteiger partial charge in [0.05, 0.1) is 6.04 Å². The Balaban J connectivity index is 1.81. The largest absolute Gasteiger partial charge is 0.438 e. The molecule has 1 aliphatic rings. The van der Waals surface area contributed by atoms with Crippen LogP contribution in [0.3, 0.4) is 0 Å². The molecule has 0 radical (unpaired) electrons. The van der Waals surface area contributed by atoms with Crippen LogP contribution in [-0.4, -0.2) is 29.3 Å². The second kappa shape index (κ2) is 8.28. The fourth-order valence-electron chi connectivity index (χ4n) is 3.58. The number of rotatable bonds is 6. The van der Waals surface area contributed by atoms with Crippen LogP contribution in [0.4, 0.5) is 9.18 Å². The van der Waals surface area contributed by atoms with Crippen LogP contribution >= 0.6 is 11.6 Å². The second-order valence-electron chi connectivity index (χ2n) is 6.87. The quantitative estimate of drug-likeness (QED) is 0.749. The van der Waals surface area contributed by atoms with Gasteiger partial charge in [0, 0.05) is 24.6 Å². The van der Waals surface area contributed by atoms with Crippen molar-refractivity contribution in [3.8, 4) is 0 Å². The van der Waals surface area contributed by atoms with Crippen molar-refractivity contribution in [2.75, 3.05) is 13.2 Å². The molecule has 1 aliphatic heterocycles. The van der Waals surface area contributed by atoms with E-state index in [0.29, 0.717) is 30.8 Å². The first-order valence-corrected chi connectivity index (χ1v) is 9.45. The second-order valence-corrected chi connectivity index (χ2v) is 7.30. The molecule has 1 heterocycles. The Labute approximate surface area is 163 Å². The van der Waals surface area contributed by atoms with Crippen LogP contribution in [0.2, 0.25) is 5.02 Å². The van der Waals surface area contributed by atoms with Gasteiger partial charge in [-0.05, 0) is 55.2 Å². The van der Waals surface area contributed by atoms with Gasteiger partial charge in [-0.25, -0.2) is 9.18 Å². The average Bonchev–Trinajstić information content (AvgIpc) is 2.67. The number of halogens is 2. The van der Waals surface area contributed by atoms with Gasteiger partial charge < -0.3 is 14.7 Å². The minimum Gasteiger partial charge on any atom is -0.438 e. The van der Waals surface area contributed by atoms with Gasteiger partial charge in [0.1, 0.15) is 11.4 Å². The maximum atomic E-state index is 13.3. The zero-order valence-corrected chi connectivity index (χ0v) is 16.0. The molecular formula is C21H23ClFNO3. The maximum Gasteiger partial charge on any atom is 0.411 e. The number of amides is 1. The number of ether oxygens (including phenoxy) is 1. The van der Waals surface area contributed by atoms with E-state index in [1.165, 1.54) is 12.1 Å². The topological polar surface area (TPSA) is 49.8 Å². The molecule has 1 N–H and O–H groups in total. The molecule has 4 nitrogen and oxygen atoms in total. The fourth-order valence-corrected chi connectivity index (χ4v) is 3.71. The summed E-state index contributed by atoms with van der Waals surface area (Å²) in [7, 11) is 0. The normalized spacial score (nSPS) is 21.0. The highest BCUT2D eigenvalue weighted by atomic mass is 35.5. The SMILES string of the molecule is CC(c1ccc(Cl)cc1)N1CCC(CCCO)(c2ccc(F)cc2)OC1=O. The van der Waals surface area contributed by atoms with E-state index in [1.807, 2.05) is 19.1 Å². The van der Waals surface area contributed by atoms with E-state index in [4.69, 9.17) is 16.3 Å². The van der Waals surface area contributed by atoms with Crippen molar-refractivity contribution in [3.63, 3.8) is 0 Å². The summed E-state index contributed by atoms with van der Waals surface area (Å²) in [5, 5.41) is 9.90. The van der Waals surface area contributed by atoms with E-state index in [9.17, 15) is 14.3 Å². The number of hydrogen-bond acceptors (Lipinski definition) is 3. The van der Waals surface area contributed by atoms with Crippen molar-refractivity contribution in [2.24, 2.45) is 0 Å². The Hall–Kier alpha value is -2.11. The van der Waals surface area contributed by atoms with E-state index >= 15 is 0 Å². The first-order chi connectivity index (χ1) is 12.9. The lowest BCUT2D eigenvalue weighted by atomic mass is 9.84. The lowest BCUT2D eigenvalue weighted by molar-refractivity contribution is -0.0680. The minimum atomic E-state index is -0.844. The van der Waals surface area contributed by atoms with Gasteiger partial charge in [0.2, 0.25) is 0 Å². The summed E-state index contributed by atoms with van der Waals surface area (Å²) in [6.07, 6.45) is 1.15. The summed E-state index contributed by atoms with van der Waals surface area (Å²) in [6, 6.07) is 13.3. The Morgan fingerprint density at radius 1 is 1.22 bits per heavy atom. The Kier molecular flexibility index (Phi) is 6.02. The van der Waals surface area contributed by atoms with Crippen LogP contribution in [-0.2, 0) is 10.3 Å². The zero-order valence-electron chi connectivity index (χ0n) is 15.2. The monoisotopic (exact) mass is 391 g/mol. The Bertz CT molecular complexity index is 781. The smallest absolute Gasteiger partial charge is 0.411 e. The Morgan fingerprint density at radius 3 is 2.48 bits per heavy atom. The van der Waals surface area contributed by atoms with E-state index in [2.05, 4.69) is 0 Å². The molecule has 2 aromatic carbocycles. The van der Waals surface area contributed by atoms with E-state index < -0.39 is 11.7 Å². The number of nitrogens with zero attached hydrogens (tertiary/aromatic N) is 1. The number of benzene rings is 2. The third-order valence-corrected chi connectivity index (χ3v) is 5.45. The van der Waals surface area contributed by atoms with Gasteiger partial charge in [-0.2, -0.15) is 0 Å². The van der Waals surface area contributed by atoms with E-state index in [1.54, 1.807) is 29.2 Å². The number of cyclic esters (lactones) is 1. The van der Waals surface area contributed by atoms with Gasteiger partial charge in [-0.3, -0.25) is 0 Å². The number of aliphatic hydroxyl groups excluding tert-OH is 1. The van der Waals surface area contributed by atoms with Crippen LogP contribution in [0.25, 0.3) is 0 Å². The van der Waals surface area contributed by atoms with Crippen molar-refractivity contribution in [3.05, 3.63) is 70.5 Å².